The summed E-state index contributed by atoms with van der Waals surface area (Å²) in [5.74, 6) is 1.32. The molecule has 116 valence electrons. The quantitative estimate of drug-likeness (QED) is 0.790. The van der Waals surface area contributed by atoms with Gasteiger partial charge in [-0.1, -0.05) is 6.07 Å². The molecular weight excluding hydrogens is 290 g/mol. The summed E-state index contributed by atoms with van der Waals surface area (Å²) in [6, 6.07) is 3.70. The second kappa shape index (κ2) is 5.23. The minimum Gasteiger partial charge on any atom is -0.396 e. The highest BCUT2D eigenvalue weighted by Gasteiger charge is 2.49. The molecule has 2 saturated heterocycles. The van der Waals surface area contributed by atoms with Crippen molar-refractivity contribution in [3.8, 4) is 0 Å². The van der Waals surface area contributed by atoms with Gasteiger partial charge >= 0.3 is 0 Å². The Balaban J connectivity index is 1.74. The van der Waals surface area contributed by atoms with E-state index in [0.29, 0.717) is 11.5 Å². The summed E-state index contributed by atoms with van der Waals surface area (Å²) in [4.78, 5) is 6.58. The molecule has 2 N–H and O–H groups in total. The maximum absolute atomic E-state index is 11.3. The van der Waals surface area contributed by atoms with Crippen molar-refractivity contribution in [2.24, 2.45) is 11.3 Å². The van der Waals surface area contributed by atoms with Crippen molar-refractivity contribution in [3.05, 3.63) is 23.9 Å². The Kier molecular flexibility index (Phi) is 3.67. The molecule has 3 heterocycles. The maximum Gasteiger partial charge on any atom is 0.151 e. The van der Waals surface area contributed by atoms with Gasteiger partial charge in [-0.25, -0.2) is 13.4 Å². The van der Waals surface area contributed by atoms with Crippen LogP contribution >= 0.6 is 0 Å². The molecule has 2 fully saturated rings. The highest BCUT2D eigenvalue weighted by Crippen LogP contribution is 2.39. The molecule has 2 atom stereocenters. The average Bonchev–Trinajstić information content (AvgIpc) is 2.94. The number of hydrogen-bond acceptors (Lipinski definition) is 6. The van der Waals surface area contributed by atoms with Crippen molar-refractivity contribution in [3.63, 3.8) is 0 Å². The highest BCUT2D eigenvalue weighted by atomic mass is 32.2. The van der Waals surface area contributed by atoms with Gasteiger partial charge in [-0.3, -0.25) is 0 Å². The summed E-state index contributed by atoms with van der Waals surface area (Å²) in [6.07, 6.45) is 2.86. The lowest BCUT2D eigenvalue weighted by Crippen LogP contribution is -2.36. The minimum atomic E-state index is -3.03. The fraction of sp³-hybridized carbons (Fsp3) is 0.643. The molecule has 1 aromatic rings. The molecule has 0 saturated carbocycles. The van der Waals surface area contributed by atoms with Crippen molar-refractivity contribution in [1.82, 2.24) is 10.3 Å². The predicted octanol–water partition coefficient (Wildman–Crippen LogP) is -0.356. The summed E-state index contributed by atoms with van der Waals surface area (Å²) in [6.45, 7) is 3.64. The van der Waals surface area contributed by atoms with E-state index in [1.54, 1.807) is 6.20 Å². The van der Waals surface area contributed by atoms with Gasteiger partial charge in [0.15, 0.2) is 9.84 Å². The first-order chi connectivity index (χ1) is 9.92. The third kappa shape index (κ3) is 2.90. The van der Waals surface area contributed by atoms with Gasteiger partial charge in [0.1, 0.15) is 5.82 Å². The van der Waals surface area contributed by atoms with E-state index in [1.165, 1.54) is 6.26 Å². The predicted molar refractivity (Wildman–Crippen MR) is 80.9 cm³/mol. The van der Waals surface area contributed by atoms with E-state index in [4.69, 9.17) is 0 Å². The number of sulfone groups is 1. The van der Waals surface area contributed by atoms with Gasteiger partial charge in [0.2, 0.25) is 0 Å². The number of rotatable bonds is 4. The van der Waals surface area contributed by atoms with E-state index >= 15 is 0 Å². The van der Waals surface area contributed by atoms with Crippen LogP contribution in [0, 0.1) is 11.3 Å². The van der Waals surface area contributed by atoms with Crippen LogP contribution in [0.15, 0.2) is 18.3 Å². The zero-order chi connectivity index (χ0) is 15.1. The second-order valence-corrected chi connectivity index (χ2v) is 8.46. The molecule has 2 aliphatic rings. The average molecular weight is 311 g/mol. The van der Waals surface area contributed by atoms with Gasteiger partial charge in [-0.05, 0) is 17.5 Å². The van der Waals surface area contributed by atoms with Crippen LogP contribution in [0.5, 0.6) is 0 Å². The van der Waals surface area contributed by atoms with Crippen molar-refractivity contribution in [2.45, 2.75) is 5.75 Å². The van der Waals surface area contributed by atoms with Crippen molar-refractivity contribution in [2.75, 3.05) is 43.9 Å². The SMILES string of the molecule is CS(=O)(=O)Cc1ccc(N2CC3CNCC3(CO)C2)nc1. The zero-order valence-electron chi connectivity index (χ0n) is 12.1. The molecule has 2 aliphatic heterocycles. The molecular formula is C14H21N3O3S. The van der Waals surface area contributed by atoms with Crippen LogP contribution in [0.1, 0.15) is 5.56 Å². The van der Waals surface area contributed by atoms with Crippen LogP contribution in [0.2, 0.25) is 0 Å². The van der Waals surface area contributed by atoms with Gasteiger partial charge < -0.3 is 15.3 Å². The minimum absolute atomic E-state index is 0.0212. The van der Waals surface area contributed by atoms with Gasteiger partial charge in [-0.2, -0.15) is 0 Å². The molecule has 0 bridgehead atoms. The lowest BCUT2D eigenvalue weighted by Gasteiger charge is -2.25. The number of nitrogens with zero attached hydrogens (tertiary/aromatic N) is 2. The van der Waals surface area contributed by atoms with Gasteiger partial charge in [-0.15, -0.1) is 0 Å². The topological polar surface area (TPSA) is 82.5 Å². The first kappa shape index (κ1) is 14.7. The first-order valence-electron chi connectivity index (χ1n) is 7.11. The Morgan fingerprint density at radius 3 is 2.90 bits per heavy atom. The Morgan fingerprint density at radius 2 is 2.33 bits per heavy atom. The molecule has 7 heteroatoms. The molecule has 0 aromatic carbocycles. The smallest absolute Gasteiger partial charge is 0.151 e. The number of fused-ring (bicyclic) bond motifs is 1. The van der Waals surface area contributed by atoms with Crippen LogP contribution < -0.4 is 10.2 Å². The summed E-state index contributed by atoms with van der Waals surface area (Å²) in [5.41, 5.74) is 0.645. The molecule has 21 heavy (non-hydrogen) atoms. The van der Waals surface area contributed by atoms with E-state index < -0.39 is 9.84 Å². The normalized spacial score (nSPS) is 28.9. The first-order valence-corrected chi connectivity index (χ1v) is 9.17. The monoisotopic (exact) mass is 311 g/mol. The maximum atomic E-state index is 11.3. The third-order valence-corrected chi connectivity index (χ3v) is 5.41. The van der Waals surface area contributed by atoms with Crippen LogP contribution in [-0.2, 0) is 15.6 Å². The Morgan fingerprint density at radius 1 is 1.52 bits per heavy atom. The van der Waals surface area contributed by atoms with E-state index in [1.807, 2.05) is 12.1 Å². The van der Waals surface area contributed by atoms with E-state index in [-0.39, 0.29) is 17.8 Å². The number of pyridine rings is 1. The lowest BCUT2D eigenvalue weighted by atomic mass is 9.82. The summed E-state index contributed by atoms with van der Waals surface area (Å²) < 4.78 is 22.6. The van der Waals surface area contributed by atoms with Crippen molar-refractivity contribution in [1.29, 1.82) is 0 Å². The summed E-state index contributed by atoms with van der Waals surface area (Å²) >= 11 is 0. The number of aliphatic hydroxyl groups excluding tert-OH is 1. The van der Waals surface area contributed by atoms with Gasteiger partial charge in [0, 0.05) is 44.0 Å². The van der Waals surface area contributed by atoms with E-state index in [0.717, 1.165) is 32.0 Å². The van der Waals surface area contributed by atoms with Crippen molar-refractivity contribution < 1.29 is 13.5 Å². The summed E-state index contributed by atoms with van der Waals surface area (Å²) in [7, 11) is -3.03. The number of nitrogens with one attached hydrogen (secondary N) is 1. The molecule has 0 radical (unpaired) electrons. The zero-order valence-corrected chi connectivity index (χ0v) is 12.9. The molecule has 0 amide bonds. The van der Waals surface area contributed by atoms with Crippen LogP contribution in [0.3, 0.4) is 0 Å². The Labute approximate surface area is 125 Å². The largest absolute Gasteiger partial charge is 0.396 e. The third-order valence-electron chi connectivity index (χ3n) is 4.56. The summed E-state index contributed by atoms with van der Waals surface area (Å²) in [5, 5.41) is 13.1. The number of anilines is 1. The van der Waals surface area contributed by atoms with E-state index in [9.17, 15) is 13.5 Å². The van der Waals surface area contributed by atoms with E-state index in [2.05, 4.69) is 15.2 Å². The van der Waals surface area contributed by atoms with Crippen LogP contribution in [0.25, 0.3) is 0 Å². The van der Waals surface area contributed by atoms with Crippen molar-refractivity contribution >= 4 is 15.7 Å². The number of aromatic nitrogens is 1. The highest BCUT2D eigenvalue weighted by molar-refractivity contribution is 7.89. The van der Waals surface area contributed by atoms with Crippen LogP contribution in [-0.4, -0.2) is 57.5 Å². The number of aliphatic hydroxyl groups is 1. The molecule has 6 nitrogen and oxygen atoms in total. The van der Waals surface area contributed by atoms with Crippen LogP contribution in [0.4, 0.5) is 5.82 Å². The Hall–Kier alpha value is -1.18. The lowest BCUT2D eigenvalue weighted by molar-refractivity contribution is 0.135. The number of hydrogen-bond donors (Lipinski definition) is 2. The molecule has 0 spiro atoms. The standard InChI is InChI=1S/C14H21N3O3S/c1-21(19,20)7-11-2-3-13(16-4-11)17-6-12-5-15-8-14(12,9-17)10-18/h2-4,12,15,18H,5-10H2,1H3. The molecule has 2 unspecified atom stereocenters. The molecule has 0 aliphatic carbocycles. The van der Waals surface area contributed by atoms with Gasteiger partial charge in [0.25, 0.3) is 0 Å². The van der Waals surface area contributed by atoms with Gasteiger partial charge in [0.05, 0.1) is 12.4 Å². The second-order valence-electron chi connectivity index (χ2n) is 6.32. The molecule has 1 aromatic heterocycles. The Bertz CT molecular complexity index is 617. The fourth-order valence-corrected chi connectivity index (χ4v) is 4.19. The molecule has 3 rings (SSSR count). The fourth-order valence-electron chi connectivity index (χ4n) is 3.41.